The average molecular weight is 285 g/mol. The minimum absolute atomic E-state index is 0.0235. The fourth-order valence-corrected chi connectivity index (χ4v) is 3.33. The number of amides is 1. The standard InChI is InChI=1S/C17H23N3O/c1-18-17(21)11-7-8-16-13(9-11)14-10-12(20(2)3)5-4-6-15(14)19-16/h7-9,12,19H,4-6,10H2,1-3H3,(H,18,21). The molecule has 1 aromatic heterocycles. The Labute approximate surface area is 125 Å². The van der Waals surface area contributed by atoms with Gasteiger partial charge in [0.2, 0.25) is 0 Å². The van der Waals surface area contributed by atoms with Crippen LogP contribution in [0.5, 0.6) is 0 Å². The maximum atomic E-state index is 11.9. The number of aryl methyl sites for hydroxylation is 1. The van der Waals surface area contributed by atoms with E-state index >= 15 is 0 Å². The van der Waals surface area contributed by atoms with Gasteiger partial charge < -0.3 is 15.2 Å². The third-order valence-electron chi connectivity index (χ3n) is 4.62. The summed E-state index contributed by atoms with van der Waals surface area (Å²) >= 11 is 0. The molecule has 1 unspecified atom stereocenters. The Morgan fingerprint density at radius 2 is 2.19 bits per heavy atom. The number of nitrogens with one attached hydrogen (secondary N) is 2. The first-order valence-corrected chi connectivity index (χ1v) is 7.62. The number of benzene rings is 1. The zero-order valence-corrected chi connectivity index (χ0v) is 13.0. The lowest BCUT2D eigenvalue weighted by Gasteiger charge is -2.22. The van der Waals surface area contributed by atoms with Crippen molar-refractivity contribution < 1.29 is 4.79 Å². The third-order valence-corrected chi connectivity index (χ3v) is 4.62. The fraction of sp³-hybridized carbons (Fsp3) is 0.471. The Kier molecular flexibility index (Phi) is 3.72. The molecule has 1 heterocycles. The summed E-state index contributed by atoms with van der Waals surface area (Å²) in [4.78, 5) is 17.7. The van der Waals surface area contributed by atoms with E-state index in [1.54, 1.807) is 7.05 Å². The molecule has 4 nitrogen and oxygen atoms in total. The lowest BCUT2D eigenvalue weighted by molar-refractivity contribution is 0.0963. The van der Waals surface area contributed by atoms with Crippen LogP contribution in [0.1, 0.15) is 34.5 Å². The van der Waals surface area contributed by atoms with E-state index in [4.69, 9.17) is 0 Å². The fourth-order valence-electron chi connectivity index (χ4n) is 3.33. The highest BCUT2D eigenvalue weighted by Gasteiger charge is 2.22. The molecule has 1 amide bonds. The van der Waals surface area contributed by atoms with Gasteiger partial charge in [0, 0.05) is 35.2 Å². The van der Waals surface area contributed by atoms with Crippen molar-refractivity contribution >= 4 is 16.8 Å². The van der Waals surface area contributed by atoms with E-state index in [1.165, 1.54) is 29.5 Å². The molecule has 0 bridgehead atoms. The van der Waals surface area contributed by atoms with Crippen molar-refractivity contribution in [2.45, 2.75) is 31.7 Å². The smallest absolute Gasteiger partial charge is 0.251 e. The van der Waals surface area contributed by atoms with Crippen LogP contribution >= 0.6 is 0 Å². The van der Waals surface area contributed by atoms with Gasteiger partial charge in [-0.05, 0) is 63.5 Å². The number of aromatic amines is 1. The molecule has 0 fully saturated rings. The number of likely N-dealkylation sites (N-methyl/N-ethyl adjacent to an activating group) is 1. The molecule has 21 heavy (non-hydrogen) atoms. The Bertz CT molecular complexity index is 672. The van der Waals surface area contributed by atoms with Crippen molar-refractivity contribution in [1.82, 2.24) is 15.2 Å². The van der Waals surface area contributed by atoms with Crippen LogP contribution in [0.25, 0.3) is 10.9 Å². The van der Waals surface area contributed by atoms with Crippen LogP contribution in [0, 0.1) is 0 Å². The average Bonchev–Trinajstić information content (AvgIpc) is 2.68. The van der Waals surface area contributed by atoms with E-state index in [0.717, 1.165) is 23.9 Å². The second-order valence-corrected chi connectivity index (χ2v) is 6.14. The second kappa shape index (κ2) is 5.53. The summed E-state index contributed by atoms with van der Waals surface area (Å²) in [5.41, 5.74) is 4.62. The molecule has 1 aliphatic carbocycles. The quantitative estimate of drug-likeness (QED) is 0.832. The van der Waals surface area contributed by atoms with Gasteiger partial charge in [-0.25, -0.2) is 0 Å². The molecule has 4 heteroatoms. The van der Waals surface area contributed by atoms with Gasteiger partial charge in [0.15, 0.2) is 0 Å². The number of hydrogen-bond acceptors (Lipinski definition) is 2. The van der Waals surface area contributed by atoms with Crippen LogP contribution in [0.4, 0.5) is 0 Å². The van der Waals surface area contributed by atoms with Crippen LogP contribution in [-0.4, -0.2) is 43.0 Å². The lowest BCUT2D eigenvalue weighted by Crippen LogP contribution is -2.29. The number of H-pyrrole nitrogens is 1. The number of rotatable bonds is 2. The van der Waals surface area contributed by atoms with Gasteiger partial charge in [-0.3, -0.25) is 4.79 Å². The van der Waals surface area contributed by atoms with E-state index in [1.807, 2.05) is 18.2 Å². The molecule has 112 valence electrons. The van der Waals surface area contributed by atoms with Crippen molar-refractivity contribution in [2.24, 2.45) is 0 Å². The normalized spacial score (nSPS) is 18.6. The minimum Gasteiger partial charge on any atom is -0.358 e. The molecular weight excluding hydrogens is 262 g/mol. The van der Waals surface area contributed by atoms with E-state index in [0.29, 0.717) is 6.04 Å². The first-order valence-electron chi connectivity index (χ1n) is 7.62. The molecule has 0 aliphatic heterocycles. The van der Waals surface area contributed by atoms with Gasteiger partial charge in [0.1, 0.15) is 0 Å². The number of nitrogens with zero attached hydrogens (tertiary/aromatic N) is 1. The summed E-state index contributed by atoms with van der Waals surface area (Å²) in [7, 11) is 5.98. The zero-order valence-electron chi connectivity index (χ0n) is 13.0. The molecule has 0 saturated carbocycles. The summed E-state index contributed by atoms with van der Waals surface area (Å²) in [6.45, 7) is 0. The van der Waals surface area contributed by atoms with Gasteiger partial charge in [-0.15, -0.1) is 0 Å². The molecule has 0 radical (unpaired) electrons. The second-order valence-electron chi connectivity index (χ2n) is 6.14. The highest BCUT2D eigenvalue weighted by Crippen LogP contribution is 2.30. The van der Waals surface area contributed by atoms with Crippen molar-refractivity contribution in [1.29, 1.82) is 0 Å². The topological polar surface area (TPSA) is 48.1 Å². The molecule has 2 N–H and O–H groups in total. The maximum absolute atomic E-state index is 11.9. The van der Waals surface area contributed by atoms with E-state index in [2.05, 4.69) is 29.3 Å². The minimum atomic E-state index is -0.0235. The summed E-state index contributed by atoms with van der Waals surface area (Å²) in [6, 6.07) is 6.52. The van der Waals surface area contributed by atoms with Gasteiger partial charge in [0.25, 0.3) is 5.91 Å². The molecule has 1 aromatic carbocycles. The summed E-state index contributed by atoms with van der Waals surface area (Å²) in [5.74, 6) is -0.0235. The van der Waals surface area contributed by atoms with E-state index < -0.39 is 0 Å². The lowest BCUT2D eigenvalue weighted by atomic mass is 10.0. The zero-order chi connectivity index (χ0) is 15.0. The molecule has 1 atom stereocenters. The van der Waals surface area contributed by atoms with Crippen molar-refractivity contribution in [3.63, 3.8) is 0 Å². The third kappa shape index (κ3) is 2.56. The Morgan fingerprint density at radius 3 is 2.90 bits per heavy atom. The van der Waals surface area contributed by atoms with Crippen LogP contribution in [-0.2, 0) is 12.8 Å². The van der Waals surface area contributed by atoms with Crippen LogP contribution in [0.3, 0.4) is 0 Å². The molecule has 3 rings (SSSR count). The van der Waals surface area contributed by atoms with Crippen LogP contribution < -0.4 is 5.32 Å². The van der Waals surface area contributed by atoms with Gasteiger partial charge >= 0.3 is 0 Å². The van der Waals surface area contributed by atoms with Gasteiger partial charge in [-0.1, -0.05) is 0 Å². The highest BCUT2D eigenvalue weighted by atomic mass is 16.1. The number of carbonyl (C=O) groups excluding carboxylic acids is 1. The predicted octanol–water partition coefficient (Wildman–Crippen LogP) is 2.34. The SMILES string of the molecule is CNC(=O)c1ccc2[nH]c3c(c2c1)CC(N(C)C)CCC3. The molecule has 2 aromatic rings. The van der Waals surface area contributed by atoms with Crippen molar-refractivity contribution in [3.05, 3.63) is 35.0 Å². The number of aromatic nitrogens is 1. The predicted molar refractivity (Wildman–Crippen MR) is 85.8 cm³/mol. The van der Waals surface area contributed by atoms with E-state index in [-0.39, 0.29) is 5.91 Å². The maximum Gasteiger partial charge on any atom is 0.251 e. The van der Waals surface area contributed by atoms with Crippen LogP contribution in [0.2, 0.25) is 0 Å². The monoisotopic (exact) mass is 285 g/mol. The van der Waals surface area contributed by atoms with Gasteiger partial charge in [0.05, 0.1) is 0 Å². The first-order chi connectivity index (χ1) is 10.1. The Morgan fingerprint density at radius 1 is 1.38 bits per heavy atom. The molecule has 1 aliphatic rings. The Balaban J connectivity index is 2.08. The number of hydrogen-bond donors (Lipinski definition) is 2. The molecular formula is C17H23N3O. The van der Waals surface area contributed by atoms with E-state index in [9.17, 15) is 4.79 Å². The van der Waals surface area contributed by atoms with Gasteiger partial charge in [-0.2, -0.15) is 0 Å². The molecule has 0 spiro atoms. The summed E-state index contributed by atoms with van der Waals surface area (Å²) < 4.78 is 0. The van der Waals surface area contributed by atoms with Crippen molar-refractivity contribution in [2.75, 3.05) is 21.1 Å². The summed E-state index contributed by atoms with van der Waals surface area (Å²) in [6.07, 6.45) is 4.60. The number of fused-ring (bicyclic) bond motifs is 3. The molecule has 0 saturated heterocycles. The Hall–Kier alpha value is -1.81. The van der Waals surface area contributed by atoms with Crippen LogP contribution in [0.15, 0.2) is 18.2 Å². The summed E-state index contributed by atoms with van der Waals surface area (Å²) in [5, 5.41) is 3.91. The first kappa shape index (κ1) is 14.1. The number of carbonyl (C=O) groups is 1. The van der Waals surface area contributed by atoms with Crippen molar-refractivity contribution in [3.8, 4) is 0 Å². The largest absolute Gasteiger partial charge is 0.358 e. The highest BCUT2D eigenvalue weighted by molar-refractivity contribution is 5.99.